The minimum atomic E-state index is -0.995. The van der Waals surface area contributed by atoms with Crippen LogP contribution >= 0.6 is 0 Å². The average Bonchev–Trinajstić information content (AvgIpc) is 2.79. The number of carbonyl (C=O) groups is 2. The Bertz CT molecular complexity index is 701. The molecule has 1 amide bonds. The predicted octanol–water partition coefficient (Wildman–Crippen LogP) is 2.85. The van der Waals surface area contributed by atoms with Crippen LogP contribution in [0.4, 0.5) is 4.79 Å². The molecule has 0 unspecified atom stereocenters. The van der Waals surface area contributed by atoms with Crippen molar-refractivity contribution >= 4 is 23.0 Å². The fourth-order valence-electron chi connectivity index (χ4n) is 1.91. The minimum absolute atomic E-state index is 0.132. The van der Waals surface area contributed by atoms with Crippen molar-refractivity contribution in [3.8, 4) is 0 Å². The lowest BCUT2D eigenvalue weighted by Gasteiger charge is -2.03. The van der Waals surface area contributed by atoms with Crippen LogP contribution in [0.1, 0.15) is 21.7 Å². The van der Waals surface area contributed by atoms with Gasteiger partial charge in [-0.05, 0) is 25.1 Å². The van der Waals surface area contributed by atoms with Crippen molar-refractivity contribution in [1.29, 1.82) is 0 Å². The van der Waals surface area contributed by atoms with Gasteiger partial charge in [-0.2, -0.15) is 0 Å². The second kappa shape index (κ2) is 6.13. The Morgan fingerprint density at radius 2 is 2.24 bits per heavy atom. The molecule has 0 aliphatic carbocycles. The molecule has 0 bridgehead atoms. The third-order valence-corrected chi connectivity index (χ3v) is 3.01. The Kier molecular flexibility index (Phi) is 4.27. The van der Waals surface area contributed by atoms with Gasteiger partial charge in [0.25, 0.3) is 0 Å². The number of ether oxygens (including phenoxy) is 1. The zero-order valence-electron chi connectivity index (χ0n) is 11.5. The van der Waals surface area contributed by atoms with Crippen LogP contribution in [0.25, 0.3) is 11.0 Å². The minimum Gasteiger partial charge on any atom is -0.478 e. The van der Waals surface area contributed by atoms with Crippen molar-refractivity contribution in [3.63, 3.8) is 0 Å². The second-order valence-electron chi connectivity index (χ2n) is 4.41. The van der Waals surface area contributed by atoms with Crippen LogP contribution in [0.2, 0.25) is 0 Å². The van der Waals surface area contributed by atoms with E-state index >= 15 is 0 Å². The summed E-state index contributed by atoms with van der Waals surface area (Å²) in [5, 5.41) is 12.3. The van der Waals surface area contributed by atoms with Gasteiger partial charge in [-0.1, -0.05) is 12.7 Å². The number of carbonyl (C=O) groups excluding carboxylic acids is 1. The highest BCUT2D eigenvalue weighted by atomic mass is 16.5. The lowest BCUT2D eigenvalue weighted by molar-refractivity contribution is 0.0697. The number of aromatic carboxylic acids is 1. The summed E-state index contributed by atoms with van der Waals surface area (Å²) in [5.41, 5.74) is 1.56. The fourth-order valence-corrected chi connectivity index (χ4v) is 1.91. The summed E-state index contributed by atoms with van der Waals surface area (Å²) >= 11 is 0. The Balaban J connectivity index is 2.17. The highest BCUT2D eigenvalue weighted by Gasteiger charge is 2.14. The van der Waals surface area contributed by atoms with Gasteiger partial charge in [0.15, 0.2) is 0 Å². The Morgan fingerprint density at radius 3 is 2.90 bits per heavy atom. The number of aryl methyl sites for hydroxylation is 1. The molecule has 0 aliphatic rings. The molecule has 0 radical (unpaired) electrons. The maximum Gasteiger partial charge on any atom is 0.407 e. The molecule has 2 rings (SSSR count). The first-order valence-corrected chi connectivity index (χ1v) is 6.29. The highest BCUT2D eigenvalue weighted by molar-refractivity contribution is 5.94. The van der Waals surface area contributed by atoms with Gasteiger partial charge < -0.3 is 19.6 Å². The number of carboxylic acid groups (broad SMARTS) is 1. The summed E-state index contributed by atoms with van der Waals surface area (Å²) in [7, 11) is 0. The lowest BCUT2D eigenvalue weighted by atomic mass is 10.1. The monoisotopic (exact) mass is 289 g/mol. The van der Waals surface area contributed by atoms with Crippen LogP contribution in [0.3, 0.4) is 0 Å². The largest absolute Gasteiger partial charge is 0.478 e. The molecule has 2 aromatic rings. The van der Waals surface area contributed by atoms with E-state index in [0.29, 0.717) is 16.7 Å². The van der Waals surface area contributed by atoms with Crippen molar-refractivity contribution in [2.24, 2.45) is 0 Å². The fraction of sp³-hybridized carbons (Fsp3) is 0.200. The van der Waals surface area contributed by atoms with Crippen LogP contribution < -0.4 is 5.32 Å². The third-order valence-electron chi connectivity index (χ3n) is 3.01. The van der Waals surface area contributed by atoms with Crippen molar-refractivity contribution in [1.82, 2.24) is 5.32 Å². The molecule has 6 nitrogen and oxygen atoms in total. The van der Waals surface area contributed by atoms with Crippen molar-refractivity contribution < 1.29 is 23.8 Å². The Labute approximate surface area is 121 Å². The van der Waals surface area contributed by atoms with E-state index in [2.05, 4.69) is 11.9 Å². The maximum atomic E-state index is 11.3. The van der Waals surface area contributed by atoms with E-state index in [1.54, 1.807) is 12.1 Å². The first kappa shape index (κ1) is 14.6. The van der Waals surface area contributed by atoms with E-state index in [0.717, 1.165) is 5.56 Å². The molecular weight excluding hydrogens is 274 g/mol. The van der Waals surface area contributed by atoms with Gasteiger partial charge in [0.2, 0.25) is 0 Å². The van der Waals surface area contributed by atoms with Gasteiger partial charge in [0, 0.05) is 10.9 Å². The van der Waals surface area contributed by atoms with E-state index in [1.165, 1.54) is 12.1 Å². The number of fused-ring (bicyclic) bond motifs is 1. The summed E-state index contributed by atoms with van der Waals surface area (Å²) in [5.74, 6) is -0.437. The first-order chi connectivity index (χ1) is 10.0. The molecule has 0 saturated carbocycles. The van der Waals surface area contributed by atoms with Crippen molar-refractivity contribution in [3.05, 3.63) is 47.7 Å². The molecule has 1 aromatic heterocycles. The third kappa shape index (κ3) is 3.22. The van der Waals surface area contributed by atoms with Crippen molar-refractivity contribution in [2.75, 3.05) is 6.61 Å². The van der Waals surface area contributed by atoms with Gasteiger partial charge in [0.1, 0.15) is 18.0 Å². The molecule has 1 aromatic carbocycles. The first-order valence-electron chi connectivity index (χ1n) is 6.29. The molecule has 0 spiro atoms. The summed E-state index contributed by atoms with van der Waals surface area (Å²) < 4.78 is 10.4. The van der Waals surface area contributed by atoms with Gasteiger partial charge in [0.05, 0.1) is 12.1 Å². The number of alkyl carbamates (subject to hydrolysis) is 1. The molecule has 21 heavy (non-hydrogen) atoms. The summed E-state index contributed by atoms with van der Waals surface area (Å²) in [6.07, 6.45) is 0.903. The number of furan rings is 1. The molecule has 0 saturated heterocycles. The van der Waals surface area contributed by atoms with Gasteiger partial charge in [-0.3, -0.25) is 0 Å². The van der Waals surface area contributed by atoms with E-state index in [1.807, 2.05) is 6.92 Å². The van der Waals surface area contributed by atoms with E-state index < -0.39 is 12.1 Å². The molecule has 1 heterocycles. The zero-order valence-corrected chi connectivity index (χ0v) is 11.5. The molecule has 0 fully saturated rings. The normalized spacial score (nSPS) is 10.3. The van der Waals surface area contributed by atoms with Gasteiger partial charge in [-0.15, -0.1) is 0 Å². The SMILES string of the molecule is C=CCOC(=O)NCc1oc2ccc(C(=O)O)cc2c1C. The zero-order chi connectivity index (χ0) is 15.4. The molecule has 0 atom stereocenters. The molecule has 0 aliphatic heterocycles. The number of benzene rings is 1. The Hall–Kier alpha value is -2.76. The maximum absolute atomic E-state index is 11.3. The number of hydrogen-bond donors (Lipinski definition) is 2. The van der Waals surface area contributed by atoms with Crippen LogP contribution in [0.15, 0.2) is 35.3 Å². The van der Waals surface area contributed by atoms with E-state index in [4.69, 9.17) is 14.3 Å². The molecule has 6 heteroatoms. The number of amides is 1. The van der Waals surface area contributed by atoms with Crippen molar-refractivity contribution in [2.45, 2.75) is 13.5 Å². The summed E-state index contributed by atoms with van der Waals surface area (Å²) in [4.78, 5) is 22.3. The predicted molar refractivity (Wildman–Crippen MR) is 76.3 cm³/mol. The van der Waals surface area contributed by atoms with Crippen LogP contribution in [-0.4, -0.2) is 23.8 Å². The topological polar surface area (TPSA) is 88.8 Å². The Morgan fingerprint density at radius 1 is 1.48 bits per heavy atom. The molecular formula is C15H15NO5. The molecule has 2 N–H and O–H groups in total. The standard InChI is InChI=1S/C15H15NO5/c1-3-6-20-15(19)16-8-13-9(2)11-7-10(14(17)18)4-5-12(11)21-13/h3-5,7H,1,6,8H2,2H3,(H,16,19)(H,17,18). The number of carboxylic acids is 1. The van der Waals surface area contributed by atoms with Gasteiger partial charge in [-0.25, -0.2) is 9.59 Å². The van der Waals surface area contributed by atoms with Crippen LogP contribution in [0.5, 0.6) is 0 Å². The number of nitrogens with one attached hydrogen (secondary N) is 1. The summed E-state index contributed by atoms with van der Waals surface area (Å²) in [6, 6.07) is 4.63. The highest BCUT2D eigenvalue weighted by Crippen LogP contribution is 2.26. The summed E-state index contributed by atoms with van der Waals surface area (Å²) in [6.45, 7) is 5.55. The van der Waals surface area contributed by atoms with Crippen LogP contribution in [0, 0.1) is 6.92 Å². The number of hydrogen-bond acceptors (Lipinski definition) is 4. The smallest absolute Gasteiger partial charge is 0.407 e. The average molecular weight is 289 g/mol. The van der Waals surface area contributed by atoms with Gasteiger partial charge >= 0.3 is 12.1 Å². The quantitative estimate of drug-likeness (QED) is 0.826. The lowest BCUT2D eigenvalue weighted by Crippen LogP contribution is -2.23. The number of rotatable bonds is 5. The van der Waals surface area contributed by atoms with E-state index in [-0.39, 0.29) is 18.7 Å². The second-order valence-corrected chi connectivity index (χ2v) is 4.41. The van der Waals surface area contributed by atoms with Crippen LogP contribution in [-0.2, 0) is 11.3 Å². The molecule has 110 valence electrons. The van der Waals surface area contributed by atoms with E-state index in [9.17, 15) is 9.59 Å².